The normalized spacial score (nSPS) is 10.3. The van der Waals surface area contributed by atoms with Gasteiger partial charge in [-0.15, -0.1) is 0 Å². The number of H-pyrrole nitrogens is 1. The van der Waals surface area contributed by atoms with Gasteiger partial charge in [0.2, 0.25) is 0 Å². The molecule has 0 saturated heterocycles. The SMILES string of the molecule is O=C(O)c1cc2cccc(C=S)c2[nH]1. The van der Waals surface area contributed by atoms with Crippen molar-refractivity contribution in [2.75, 3.05) is 0 Å². The maximum absolute atomic E-state index is 10.7. The second-order valence-corrected chi connectivity index (χ2v) is 3.15. The molecule has 0 atom stereocenters. The number of fused-ring (bicyclic) bond motifs is 1. The Morgan fingerprint density at radius 3 is 2.93 bits per heavy atom. The maximum Gasteiger partial charge on any atom is 0.352 e. The van der Waals surface area contributed by atoms with E-state index in [4.69, 9.17) is 17.3 Å². The molecule has 4 heteroatoms. The van der Waals surface area contributed by atoms with Gasteiger partial charge in [0, 0.05) is 16.3 Å². The summed E-state index contributed by atoms with van der Waals surface area (Å²) in [5, 5.41) is 11.2. The Morgan fingerprint density at radius 1 is 1.50 bits per heavy atom. The van der Waals surface area contributed by atoms with Crippen molar-refractivity contribution in [2.45, 2.75) is 0 Å². The molecule has 2 aromatic rings. The number of hydrogen-bond acceptors (Lipinski definition) is 2. The second kappa shape index (κ2) is 3.23. The Hall–Kier alpha value is -1.68. The molecule has 0 saturated carbocycles. The molecular formula is C10H7NO2S. The number of aromatic nitrogens is 1. The molecule has 1 aromatic carbocycles. The fourth-order valence-electron chi connectivity index (χ4n) is 1.39. The smallest absolute Gasteiger partial charge is 0.352 e. The molecule has 70 valence electrons. The van der Waals surface area contributed by atoms with Crippen LogP contribution in [-0.2, 0) is 0 Å². The average Bonchev–Trinajstić information content (AvgIpc) is 2.60. The van der Waals surface area contributed by atoms with Crippen molar-refractivity contribution in [3.05, 3.63) is 35.5 Å². The Morgan fingerprint density at radius 2 is 2.29 bits per heavy atom. The van der Waals surface area contributed by atoms with Gasteiger partial charge < -0.3 is 10.1 Å². The summed E-state index contributed by atoms with van der Waals surface area (Å²) in [6.07, 6.45) is 0. The van der Waals surface area contributed by atoms with Crippen LogP contribution in [0.4, 0.5) is 0 Å². The predicted molar refractivity (Wildman–Crippen MR) is 58.0 cm³/mol. The first-order valence-corrected chi connectivity index (χ1v) is 4.49. The number of carboxylic acid groups (broad SMARTS) is 1. The third-order valence-corrected chi connectivity index (χ3v) is 2.30. The van der Waals surface area contributed by atoms with E-state index in [2.05, 4.69) is 4.98 Å². The zero-order chi connectivity index (χ0) is 10.1. The van der Waals surface area contributed by atoms with E-state index < -0.39 is 5.97 Å². The monoisotopic (exact) mass is 205 g/mol. The molecular weight excluding hydrogens is 198 g/mol. The lowest BCUT2D eigenvalue weighted by atomic mass is 10.2. The number of nitrogens with one attached hydrogen (secondary N) is 1. The summed E-state index contributed by atoms with van der Waals surface area (Å²) in [7, 11) is 0. The first-order chi connectivity index (χ1) is 6.72. The van der Waals surface area contributed by atoms with Crippen LogP contribution in [0.25, 0.3) is 10.9 Å². The molecule has 0 fully saturated rings. The average molecular weight is 205 g/mol. The summed E-state index contributed by atoms with van der Waals surface area (Å²) in [5.41, 5.74) is 1.80. The molecule has 0 aliphatic carbocycles. The number of hydrogen-bond donors (Lipinski definition) is 2. The number of carbonyl (C=O) groups is 1. The zero-order valence-corrected chi connectivity index (χ0v) is 7.97. The maximum atomic E-state index is 10.7. The molecule has 1 aromatic heterocycles. The lowest BCUT2D eigenvalue weighted by molar-refractivity contribution is 0.0691. The molecule has 0 radical (unpaired) electrons. The molecule has 2 rings (SSSR count). The topological polar surface area (TPSA) is 53.1 Å². The minimum absolute atomic E-state index is 0.185. The predicted octanol–water partition coefficient (Wildman–Crippen LogP) is 2.21. The van der Waals surface area contributed by atoms with Crippen molar-refractivity contribution in [3.63, 3.8) is 0 Å². The molecule has 0 aliphatic heterocycles. The lowest BCUT2D eigenvalue weighted by Crippen LogP contribution is -1.95. The summed E-state index contributed by atoms with van der Waals surface area (Å²) in [4.78, 5) is 13.5. The third kappa shape index (κ3) is 1.29. The van der Waals surface area contributed by atoms with Gasteiger partial charge in [-0.2, -0.15) is 0 Å². The van der Waals surface area contributed by atoms with Crippen molar-refractivity contribution >= 4 is 34.5 Å². The van der Waals surface area contributed by atoms with Crippen molar-refractivity contribution in [1.82, 2.24) is 4.98 Å². The first-order valence-electron chi connectivity index (χ1n) is 4.02. The molecule has 3 nitrogen and oxygen atoms in total. The molecule has 0 spiro atoms. The molecule has 0 aliphatic rings. The van der Waals surface area contributed by atoms with E-state index in [-0.39, 0.29) is 5.69 Å². The van der Waals surface area contributed by atoms with Crippen molar-refractivity contribution in [1.29, 1.82) is 0 Å². The molecule has 0 amide bonds. The number of aromatic carboxylic acids is 1. The van der Waals surface area contributed by atoms with Crippen molar-refractivity contribution in [3.8, 4) is 0 Å². The lowest BCUT2D eigenvalue weighted by Gasteiger charge is -1.93. The number of rotatable bonds is 2. The van der Waals surface area contributed by atoms with Gasteiger partial charge >= 0.3 is 5.97 Å². The molecule has 1 heterocycles. The minimum atomic E-state index is -0.962. The van der Waals surface area contributed by atoms with Gasteiger partial charge in [0.15, 0.2) is 0 Å². The van der Waals surface area contributed by atoms with Crippen LogP contribution in [0, 0.1) is 0 Å². The summed E-state index contributed by atoms with van der Waals surface area (Å²) < 4.78 is 0. The van der Waals surface area contributed by atoms with Gasteiger partial charge in [0.25, 0.3) is 0 Å². The van der Waals surface area contributed by atoms with Crippen LogP contribution in [0.3, 0.4) is 0 Å². The number of aromatic amines is 1. The highest BCUT2D eigenvalue weighted by molar-refractivity contribution is 7.79. The minimum Gasteiger partial charge on any atom is -0.477 e. The summed E-state index contributed by atoms with van der Waals surface area (Å²) in [6.45, 7) is 0. The third-order valence-electron chi connectivity index (χ3n) is 2.05. The Bertz CT molecular complexity index is 516. The van der Waals surface area contributed by atoms with E-state index in [0.717, 1.165) is 16.5 Å². The summed E-state index contributed by atoms with van der Waals surface area (Å²) in [5.74, 6) is -0.962. The Labute approximate surface area is 85.4 Å². The molecule has 0 unspecified atom stereocenters. The molecule has 14 heavy (non-hydrogen) atoms. The van der Waals surface area contributed by atoms with Crippen molar-refractivity contribution in [2.24, 2.45) is 0 Å². The highest BCUT2D eigenvalue weighted by atomic mass is 32.1. The highest BCUT2D eigenvalue weighted by Gasteiger charge is 2.08. The van der Waals surface area contributed by atoms with Gasteiger partial charge in [-0.3, -0.25) is 0 Å². The number of carboxylic acids is 1. The van der Waals surface area contributed by atoms with Gasteiger partial charge in [0.05, 0.1) is 5.52 Å². The number of thiocarbonyl (C=S) groups is 1. The van der Waals surface area contributed by atoms with Gasteiger partial charge in [-0.25, -0.2) is 4.79 Å². The Balaban J connectivity index is 2.76. The largest absolute Gasteiger partial charge is 0.477 e. The quantitative estimate of drug-likeness (QED) is 0.739. The number of benzene rings is 1. The van der Waals surface area contributed by atoms with Crippen LogP contribution in [0.2, 0.25) is 0 Å². The summed E-state index contributed by atoms with van der Waals surface area (Å²) >= 11 is 4.83. The van der Waals surface area contributed by atoms with Crippen LogP contribution in [-0.4, -0.2) is 21.4 Å². The van der Waals surface area contributed by atoms with Crippen LogP contribution >= 0.6 is 12.2 Å². The van der Waals surface area contributed by atoms with E-state index >= 15 is 0 Å². The van der Waals surface area contributed by atoms with Crippen LogP contribution < -0.4 is 0 Å². The van der Waals surface area contributed by atoms with E-state index in [1.165, 1.54) is 5.37 Å². The van der Waals surface area contributed by atoms with Crippen LogP contribution in [0.15, 0.2) is 24.3 Å². The molecule has 2 N–H and O–H groups in total. The fraction of sp³-hybridized carbons (Fsp3) is 0. The van der Waals surface area contributed by atoms with Crippen molar-refractivity contribution < 1.29 is 9.90 Å². The van der Waals surface area contributed by atoms with Crippen LogP contribution in [0.5, 0.6) is 0 Å². The summed E-state index contributed by atoms with van der Waals surface area (Å²) in [6, 6.07) is 7.14. The van der Waals surface area contributed by atoms with Gasteiger partial charge in [0.1, 0.15) is 5.69 Å². The fourth-order valence-corrected chi connectivity index (χ4v) is 1.59. The molecule has 0 bridgehead atoms. The van der Waals surface area contributed by atoms with E-state index in [0.29, 0.717) is 0 Å². The standard InChI is InChI=1S/C10H7NO2S/c12-10(13)8-4-6-2-1-3-7(5-14)9(6)11-8/h1-5,11H,(H,12,13). The van der Waals surface area contributed by atoms with E-state index in [1.54, 1.807) is 6.07 Å². The first kappa shape index (κ1) is 8.90. The second-order valence-electron chi connectivity index (χ2n) is 2.92. The Kier molecular flexibility index (Phi) is 2.05. The highest BCUT2D eigenvalue weighted by Crippen LogP contribution is 2.18. The van der Waals surface area contributed by atoms with E-state index in [1.807, 2.05) is 18.2 Å². The van der Waals surface area contributed by atoms with Gasteiger partial charge in [-0.1, -0.05) is 30.4 Å². The van der Waals surface area contributed by atoms with Gasteiger partial charge in [-0.05, 0) is 6.07 Å². The zero-order valence-electron chi connectivity index (χ0n) is 7.15. The number of para-hydroxylation sites is 1. The van der Waals surface area contributed by atoms with Crippen LogP contribution in [0.1, 0.15) is 16.1 Å². The van der Waals surface area contributed by atoms with E-state index in [9.17, 15) is 4.79 Å².